The van der Waals surface area contributed by atoms with Gasteiger partial charge in [-0.25, -0.2) is 0 Å². The lowest BCUT2D eigenvalue weighted by atomic mass is 10.0. The van der Waals surface area contributed by atoms with Crippen LogP contribution in [0, 0.1) is 0 Å². The van der Waals surface area contributed by atoms with Crippen molar-refractivity contribution in [3.8, 4) is 0 Å². The third-order valence-electron chi connectivity index (χ3n) is 1.93. The van der Waals surface area contributed by atoms with Crippen LogP contribution in [0.1, 0.15) is 24.2 Å². The van der Waals surface area contributed by atoms with E-state index in [4.69, 9.17) is 4.55 Å². The van der Waals surface area contributed by atoms with Gasteiger partial charge in [-0.3, -0.25) is 8.74 Å². The average molecular weight is 254 g/mol. The topological polar surface area (TPSA) is 46.5 Å². The lowest BCUT2D eigenvalue weighted by Gasteiger charge is -2.16. The number of hydrogen-bond donors (Lipinski definition) is 1. The molecule has 0 aliphatic rings. The van der Waals surface area contributed by atoms with E-state index in [1.54, 1.807) is 0 Å². The van der Waals surface area contributed by atoms with Crippen LogP contribution in [0.3, 0.4) is 0 Å². The zero-order valence-corrected chi connectivity index (χ0v) is 9.01. The number of rotatable bonds is 3. The normalized spacial score (nSPS) is 15.8. The summed E-state index contributed by atoms with van der Waals surface area (Å²) in [4.78, 5) is 0. The summed E-state index contributed by atoms with van der Waals surface area (Å²) < 4.78 is 60.9. The Balaban J connectivity index is 3.08. The van der Waals surface area contributed by atoms with Crippen LogP contribution in [0.25, 0.3) is 0 Å². The standard InChI is InChI=1S/C9H9F3O3S/c1-6(15-16(13)14)7-4-2-3-5-8(7)9(10,11)12/h2-6H,1H3,(H,13,14). The molecule has 1 aromatic rings. The Morgan fingerprint density at radius 2 is 1.94 bits per heavy atom. The van der Waals surface area contributed by atoms with Gasteiger partial charge in [0.25, 0.3) is 0 Å². The van der Waals surface area contributed by atoms with E-state index in [0.717, 1.165) is 6.07 Å². The first kappa shape index (κ1) is 13.1. The number of alkyl halides is 3. The molecule has 0 radical (unpaired) electrons. The lowest BCUT2D eigenvalue weighted by Crippen LogP contribution is -2.12. The lowest BCUT2D eigenvalue weighted by molar-refractivity contribution is -0.138. The molecule has 0 heterocycles. The predicted octanol–water partition coefficient (Wildman–Crippen LogP) is 2.92. The van der Waals surface area contributed by atoms with Crippen LogP contribution in [-0.4, -0.2) is 8.76 Å². The Kier molecular flexibility index (Phi) is 4.06. The van der Waals surface area contributed by atoms with Crippen molar-refractivity contribution in [3.05, 3.63) is 35.4 Å². The summed E-state index contributed by atoms with van der Waals surface area (Å²) in [6.45, 7) is 1.28. The first-order valence-corrected chi connectivity index (χ1v) is 5.29. The SMILES string of the molecule is CC(OS(=O)O)c1ccccc1C(F)(F)F. The molecule has 1 rings (SSSR count). The first-order chi connectivity index (χ1) is 7.32. The molecule has 0 aliphatic heterocycles. The van der Waals surface area contributed by atoms with Crippen molar-refractivity contribution in [2.75, 3.05) is 0 Å². The van der Waals surface area contributed by atoms with Gasteiger partial charge in [0.1, 0.15) is 0 Å². The van der Waals surface area contributed by atoms with E-state index in [2.05, 4.69) is 4.18 Å². The highest BCUT2D eigenvalue weighted by molar-refractivity contribution is 7.74. The van der Waals surface area contributed by atoms with E-state index in [1.165, 1.54) is 25.1 Å². The molecule has 0 fully saturated rings. The van der Waals surface area contributed by atoms with Crippen molar-refractivity contribution in [2.45, 2.75) is 19.2 Å². The minimum atomic E-state index is -4.51. The van der Waals surface area contributed by atoms with Crippen LogP contribution in [0.15, 0.2) is 24.3 Å². The molecule has 0 aromatic heterocycles. The van der Waals surface area contributed by atoms with Crippen molar-refractivity contribution in [2.24, 2.45) is 0 Å². The monoisotopic (exact) mass is 254 g/mol. The minimum absolute atomic E-state index is 0.169. The quantitative estimate of drug-likeness (QED) is 0.843. The largest absolute Gasteiger partial charge is 0.416 e. The molecule has 0 saturated carbocycles. The molecule has 0 amide bonds. The van der Waals surface area contributed by atoms with Crippen molar-refractivity contribution >= 4 is 11.4 Å². The molecule has 7 heteroatoms. The summed E-state index contributed by atoms with van der Waals surface area (Å²) in [6, 6.07) is 4.76. The fourth-order valence-corrected chi connectivity index (χ4v) is 1.64. The van der Waals surface area contributed by atoms with Crippen LogP contribution >= 0.6 is 0 Å². The number of benzene rings is 1. The van der Waals surface area contributed by atoms with Gasteiger partial charge < -0.3 is 0 Å². The number of hydrogen-bond acceptors (Lipinski definition) is 2. The Hall–Kier alpha value is -0.920. The van der Waals surface area contributed by atoms with Crippen molar-refractivity contribution in [1.29, 1.82) is 0 Å². The molecule has 90 valence electrons. The van der Waals surface area contributed by atoms with E-state index in [0.29, 0.717) is 0 Å². The van der Waals surface area contributed by atoms with Gasteiger partial charge in [0.15, 0.2) is 0 Å². The Labute approximate surface area is 92.7 Å². The zero-order chi connectivity index (χ0) is 12.3. The van der Waals surface area contributed by atoms with Gasteiger partial charge in [-0.05, 0) is 18.6 Å². The maximum Gasteiger partial charge on any atom is 0.416 e. The molecule has 0 spiro atoms. The van der Waals surface area contributed by atoms with Gasteiger partial charge in [0.05, 0.1) is 11.7 Å². The molecule has 0 aliphatic carbocycles. The fourth-order valence-electron chi connectivity index (χ4n) is 1.28. The molecular weight excluding hydrogens is 245 g/mol. The van der Waals surface area contributed by atoms with Crippen LogP contribution < -0.4 is 0 Å². The van der Waals surface area contributed by atoms with Crippen LogP contribution in [0.4, 0.5) is 13.2 Å². The molecule has 2 unspecified atom stereocenters. The Morgan fingerprint density at radius 3 is 2.44 bits per heavy atom. The van der Waals surface area contributed by atoms with Gasteiger partial charge >= 0.3 is 17.5 Å². The van der Waals surface area contributed by atoms with Crippen molar-refractivity contribution in [1.82, 2.24) is 0 Å². The highest BCUT2D eigenvalue weighted by atomic mass is 32.2. The van der Waals surface area contributed by atoms with Gasteiger partial charge in [-0.1, -0.05) is 18.2 Å². The third-order valence-corrected chi connectivity index (χ3v) is 2.38. The smallest absolute Gasteiger partial charge is 0.284 e. The second kappa shape index (κ2) is 4.94. The predicted molar refractivity (Wildman–Crippen MR) is 51.7 cm³/mol. The summed E-state index contributed by atoms with van der Waals surface area (Å²) in [7, 11) is 0. The summed E-state index contributed by atoms with van der Waals surface area (Å²) in [5.41, 5.74) is -1.04. The molecule has 3 nitrogen and oxygen atoms in total. The molecule has 2 atom stereocenters. The first-order valence-electron chi connectivity index (χ1n) is 4.26. The molecule has 1 aromatic carbocycles. The maximum atomic E-state index is 12.6. The van der Waals surface area contributed by atoms with E-state index in [9.17, 15) is 17.4 Å². The van der Waals surface area contributed by atoms with Crippen LogP contribution in [-0.2, 0) is 21.7 Å². The van der Waals surface area contributed by atoms with E-state index in [1.807, 2.05) is 0 Å². The van der Waals surface area contributed by atoms with Crippen LogP contribution in [0.5, 0.6) is 0 Å². The minimum Gasteiger partial charge on any atom is -0.284 e. The van der Waals surface area contributed by atoms with Crippen molar-refractivity contribution in [3.63, 3.8) is 0 Å². The zero-order valence-electron chi connectivity index (χ0n) is 8.19. The van der Waals surface area contributed by atoms with Gasteiger partial charge in [0, 0.05) is 0 Å². The fraction of sp³-hybridized carbons (Fsp3) is 0.333. The average Bonchev–Trinajstić information content (AvgIpc) is 2.15. The molecule has 1 N–H and O–H groups in total. The molecular formula is C9H9F3O3S. The maximum absolute atomic E-state index is 12.6. The van der Waals surface area contributed by atoms with Gasteiger partial charge in [0.2, 0.25) is 0 Å². The second-order valence-electron chi connectivity index (χ2n) is 3.04. The molecule has 16 heavy (non-hydrogen) atoms. The second-order valence-corrected chi connectivity index (χ2v) is 3.67. The summed E-state index contributed by atoms with van der Waals surface area (Å²) >= 11 is -2.60. The van der Waals surface area contributed by atoms with Gasteiger partial charge in [-0.2, -0.15) is 17.4 Å². The van der Waals surface area contributed by atoms with E-state index >= 15 is 0 Å². The summed E-state index contributed by atoms with van der Waals surface area (Å²) in [5.74, 6) is 0. The van der Waals surface area contributed by atoms with Crippen LogP contribution in [0.2, 0.25) is 0 Å². The summed E-state index contributed by atoms with van der Waals surface area (Å²) in [5, 5.41) is 0. The highest BCUT2D eigenvalue weighted by Crippen LogP contribution is 2.35. The van der Waals surface area contributed by atoms with Crippen molar-refractivity contribution < 1.29 is 26.1 Å². The Bertz CT molecular complexity index is 392. The van der Waals surface area contributed by atoms with E-state index < -0.39 is 29.2 Å². The molecule has 0 bridgehead atoms. The van der Waals surface area contributed by atoms with E-state index in [-0.39, 0.29) is 5.56 Å². The highest BCUT2D eigenvalue weighted by Gasteiger charge is 2.34. The third kappa shape index (κ3) is 3.29. The summed E-state index contributed by atoms with van der Waals surface area (Å²) in [6.07, 6.45) is -5.62. The van der Waals surface area contributed by atoms with Gasteiger partial charge in [-0.15, -0.1) is 0 Å². The molecule has 0 saturated heterocycles. The Morgan fingerprint density at radius 1 is 1.38 bits per heavy atom. The number of halogens is 3.